The number of pyridine rings is 1. The molecule has 25 heavy (non-hydrogen) atoms. The van der Waals surface area contributed by atoms with Crippen molar-refractivity contribution in [3.63, 3.8) is 0 Å². The van der Waals surface area contributed by atoms with Crippen molar-refractivity contribution in [1.29, 1.82) is 0 Å². The Hall–Kier alpha value is -3.12. The van der Waals surface area contributed by atoms with Crippen LogP contribution in [0.3, 0.4) is 0 Å². The second kappa shape index (κ2) is 7.63. The van der Waals surface area contributed by atoms with Gasteiger partial charge in [-0.1, -0.05) is 12.1 Å². The summed E-state index contributed by atoms with van der Waals surface area (Å²) in [7, 11) is 0. The van der Waals surface area contributed by atoms with Crippen molar-refractivity contribution in [2.75, 3.05) is 11.9 Å². The standard InChI is InChI=1S/C19H18N2O4/c1-2-24-12-13-5-3-6-14(11-13)20-18(22)15-8-9-16(21-19(15)23)17-7-4-10-25-17/h3-11H,2,12H2,1H3,(H,20,22)(H,21,23). The zero-order chi connectivity index (χ0) is 17.6. The summed E-state index contributed by atoms with van der Waals surface area (Å²) in [6.07, 6.45) is 1.52. The molecule has 0 atom stereocenters. The lowest BCUT2D eigenvalue weighted by molar-refractivity contribution is 0.102. The molecule has 6 nitrogen and oxygen atoms in total. The fourth-order valence-corrected chi connectivity index (χ4v) is 2.39. The van der Waals surface area contributed by atoms with Crippen molar-refractivity contribution < 1.29 is 13.9 Å². The van der Waals surface area contributed by atoms with Gasteiger partial charge in [0.1, 0.15) is 11.3 Å². The molecule has 0 spiro atoms. The minimum Gasteiger partial charge on any atom is -0.463 e. The van der Waals surface area contributed by atoms with Gasteiger partial charge >= 0.3 is 0 Å². The van der Waals surface area contributed by atoms with Crippen molar-refractivity contribution in [3.05, 3.63) is 76.3 Å². The van der Waals surface area contributed by atoms with Crippen molar-refractivity contribution in [3.8, 4) is 11.5 Å². The molecule has 0 saturated heterocycles. The van der Waals surface area contributed by atoms with E-state index in [4.69, 9.17) is 9.15 Å². The number of hydrogen-bond donors (Lipinski definition) is 2. The maximum absolute atomic E-state index is 12.4. The number of aromatic amines is 1. The SMILES string of the molecule is CCOCc1cccc(NC(=O)c2ccc(-c3ccco3)[nH]c2=O)c1. The van der Waals surface area contributed by atoms with E-state index in [0.29, 0.717) is 30.4 Å². The van der Waals surface area contributed by atoms with Crippen molar-refractivity contribution in [2.45, 2.75) is 13.5 Å². The molecule has 0 fully saturated rings. The Morgan fingerprint density at radius 3 is 2.80 bits per heavy atom. The normalized spacial score (nSPS) is 10.6. The van der Waals surface area contributed by atoms with E-state index in [1.54, 1.807) is 24.3 Å². The Bertz CT molecular complexity index is 913. The summed E-state index contributed by atoms with van der Waals surface area (Å²) < 4.78 is 10.6. The predicted octanol–water partition coefficient (Wildman–Crippen LogP) is 3.42. The fraction of sp³-hybridized carbons (Fsp3) is 0.158. The molecule has 128 valence electrons. The molecule has 1 amide bonds. The molecular weight excluding hydrogens is 320 g/mol. The van der Waals surface area contributed by atoms with Crippen LogP contribution < -0.4 is 10.9 Å². The van der Waals surface area contributed by atoms with Crippen LogP contribution in [0, 0.1) is 0 Å². The van der Waals surface area contributed by atoms with E-state index >= 15 is 0 Å². The van der Waals surface area contributed by atoms with Gasteiger partial charge in [-0.05, 0) is 48.9 Å². The molecule has 2 aromatic heterocycles. The number of hydrogen-bond acceptors (Lipinski definition) is 4. The largest absolute Gasteiger partial charge is 0.463 e. The second-order valence-corrected chi connectivity index (χ2v) is 5.38. The smallest absolute Gasteiger partial charge is 0.261 e. The molecular formula is C19H18N2O4. The molecule has 0 saturated carbocycles. The van der Waals surface area contributed by atoms with Gasteiger partial charge in [0.25, 0.3) is 11.5 Å². The molecule has 2 N–H and O–H groups in total. The number of rotatable bonds is 6. The van der Waals surface area contributed by atoms with E-state index in [-0.39, 0.29) is 5.56 Å². The third-order valence-corrected chi connectivity index (χ3v) is 3.60. The monoisotopic (exact) mass is 338 g/mol. The number of furan rings is 1. The van der Waals surface area contributed by atoms with Crippen LogP contribution in [0.15, 0.2) is 64.0 Å². The van der Waals surface area contributed by atoms with E-state index in [1.807, 2.05) is 25.1 Å². The number of nitrogens with one attached hydrogen (secondary N) is 2. The minimum atomic E-state index is -0.475. The highest BCUT2D eigenvalue weighted by molar-refractivity contribution is 6.04. The number of anilines is 1. The molecule has 1 aromatic carbocycles. The molecule has 0 bridgehead atoms. The number of H-pyrrole nitrogens is 1. The molecule has 0 aliphatic carbocycles. The topological polar surface area (TPSA) is 84.3 Å². The first kappa shape index (κ1) is 16.7. The van der Waals surface area contributed by atoms with Gasteiger partial charge in [-0.3, -0.25) is 9.59 Å². The van der Waals surface area contributed by atoms with Gasteiger partial charge in [0.15, 0.2) is 0 Å². The van der Waals surface area contributed by atoms with Crippen LogP contribution in [0.4, 0.5) is 5.69 Å². The molecule has 0 aliphatic heterocycles. The highest BCUT2D eigenvalue weighted by Crippen LogP contribution is 2.16. The first-order valence-corrected chi connectivity index (χ1v) is 7.92. The zero-order valence-corrected chi connectivity index (χ0v) is 13.7. The van der Waals surface area contributed by atoms with E-state index in [2.05, 4.69) is 10.3 Å². The highest BCUT2D eigenvalue weighted by Gasteiger charge is 2.12. The van der Waals surface area contributed by atoms with E-state index in [1.165, 1.54) is 12.3 Å². The lowest BCUT2D eigenvalue weighted by Gasteiger charge is -2.08. The van der Waals surface area contributed by atoms with Crippen LogP contribution in [0.2, 0.25) is 0 Å². The summed E-state index contributed by atoms with van der Waals surface area (Å²) >= 11 is 0. The number of carbonyl (C=O) groups excluding carboxylic acids is 1. The molecule has 6 heteroatoms. The van der Waals surface area contributed by atoms with Gasteiger partial charge in [-0.15, -0.1) is 0 Å². The Balaban J connectivity index is 1.76. The van der Waals surface area contributed by atoms with Crippen LogP contribution >= 0.6 is 0 Å². The average molecular weight is 338 g/mol. The van der Waals surface area contributed by atoms with E-state index in [9.17, 15) is 9.59 Å². The number of benzene rings is 1. The third kappa shape index (κ3) is 4.05. The Morgan fingerprint density at radius 1 is 1.20 bits per heavy atom. The third-order valence-electron chi connectivity index (χ3n) is 3.60. The maximum atomic E-state index is 12.4. The summed E-state index contributed by atoms with van der Waals surface area (Å²) in [4.78, 5) is 27.2. The summed E-state index contributed by atoms with van der Waals surface area (Å²) in [6.45, 7) is 3.01. The lowest BCUT2D eigenvalue weighted by Crippen LogP contribution is -2.23. The van der Waals surface area contributed by atoms with Crippen molar-refractivity contribution in [2.24, 2.45) is 0 Å². The number of ether oxygens (including phenoxy) is 1. The van der Waals surface area contributed by atoms with Gasteiger partial charge in [-0.25, -0.2) is 0 Å². The van der Waals surface area contributed by atoms with Gasteiger partial charge in [-0.2, -0.15) is 0 Å². The van der Waals surface area contributed by atoms with Crippen molar-refractivity contribution >= 4 is 11.6 Å². The Kier molecular flexibility index (Phi) is 5.11. The van der Waals surface area contributed by atoms with Crippen LogP contribution in [-0.2, 0) is 11.3 Å². The Morgan fingerprint density at radius 2 is 2.08 bits per heavy atom. The molecule has 3 rings (SSSR count). The molecule has 0 aliphatic rings. The lowest BCUT2D eigenvalue weighted by atomic mass is 10.2. The van der Waals surface area contributed by atoms with Gasteiger partial charge in [0.05, 0.1) is 18.6 Å². The average Bonchev–Trinajstić information content (AvgIpc) is 3.14. The predicted molar refractivity (Wildman–Crippen MR) is 94.5 cm³/mol. The molecule has 2 heterocycles. The highest BCUT2D eigenvalue weighted by atomic mass is 16.5. The summed E-state index contributed by atoms with van der Waals surface area (Å²) in [5.41, 5.74) is 1.63. The number of amides is 1. The minimum absolute atomic E-state index is 0.0329. The zero-order valence-electron chi connectivity index (χ0n) is 13.7. The van der Waals surface area contributed by atoms with Crippen LogP contribution in [-0.4, -0.2) is 17.5 Å². The van der Waals surface area contributed by atoms with E-state index in [0.717, 1.165) is 5.56 Å². The van der Waals surface area contributed by atoms with E-state index < -0.39 is 11.5 Å². The van der Waals surface area contributed by atoms with Gasteiger partial charge < -0.3 is 19.5 Å². The quantitative estimate of drug-likeness (QED) is 0.721. The second-order valence-electron chi connectivity index (χ2n) is 5.38. The summed E-state index contributed by atoms with van der Waals surface area (Å²) in [6, 6.07) is 13.9. The fourth-order valence-electron chi connectivity index (χ4n) is 2.39. The first-order valence-electron chi connectivity index (χ1n) is 7.92. The molecule has 3 aromatic rings. The summed E-state index contributed by atoms with van der Waals surface area (Å²) in [5, 5.41) is 2.73. The first-order chi connectivity index (χ1) is 12.2. The Labute approximate surface area is 144 Å². The van der Waals surface area contributed by atoms with Crippen LogP contribution in [0.5, 0.6) is 0 Å². The maximum Gasteiger partial charge on any atom is 0.261 e. The van der Waals surface area contributed by atoms with Gasteiger partial charge in [0, 0.05) is 12.3 Å². The number of carbonyl (C=O) groups is 1. The number of aromatic nitrogens is 1. The van der Waals surface area contributed by atoms with Crippen LogP contribution in [0.25, 0.3) is 11.5 Å². The van der Waals surface area contributed by atoms with Gasteiger partial charge in [0.2, 0.25) is 0 Å². The molecule has 0 unspecified atom stereocenters. The molecule has 0 radical (unpaired) electrons. The summed E-state index contributed by atoms with van der Waals surface area (Å²) in [5.74, 6) is 0.0634. The van der Waals surface area contributed by atoms with Crippen molar-refractivity contribution in [1.82, 2.24) is 4.98 Å². The van der Waals surface area contributed by atoms with Crippen LogP contribution in [0.1, 0.15) is 22.8 Å².